The predicted molar refractivity (Wildman–Crippen MR) is 70.9 cm³/mol. The Morgan fingerprint density at radius 1 is 1.38 bits per heavy atom. The molecule has 0 heterocycles. The number of rotatable bonds is 6. The lowest BCUT2D eigenvalue weighted by Gasteiger charge is -2.14. The number of carbonyl (C=O) groups is 1. The van der Waals surface area contributed by atoms with Gasteiger partial charge in [-0.2, -0.15) is 0 Å². The van der Waals surface area contributed by atoms with Crippen molar-refractivity contribution >= 4 is 5.91 Å². The first-order valence-electron chi connectivity index (χ1n) is 6.51. The van der Waals surface area contributed by atoms with Crippen LogP contribution >= 0.6 is 0 Å². The molecule has 7 heteroatoms. The quantitative estimate of drug-likeness (QED) is 0.849. The molecule has 0 aliphatic carbocycles. The fraction of sp³-hybridized carbons (Fsp3) is 0.500. The number of ether oxygens (including phenoxy) is 1. The van der Waals surface area contributed by atoms with Gasteiger partial charge in [0, 0.05) is 12.1 Å². The van der Waals surface area contributed by atoms with Crippen molar-refractivity contribution in [3.8, 4) is 5.75 Å². The Hall–Kier alpha value is -1.76. The minimum atomic E-state index is -4.80. The third-order valence-corrected chi connectivity index (χ3v) is 2.83. The van der Waals surface area contributed by atoms with E-state index in [4.69, 9.17) is 0 Å². The Morgan fingerprint density at radius 2 is 2.05 bits per heavy atom. The summed E-state index contributed by atoms with van der Waals surface area (Å²) in [5, 5.41) is 12.1. The van der Waals surface area contributed by atoms with Crippen LogP contribution in [0.25, 0.3) is 0 Å². The van der Waals surface area contributed by atoms with E-state index in [9.17, 15) is 23.1 Å². The van der Waals surface area contributed by atoms with Gasteiger partial charge in [0.25, 0.3) is 5.91 Å². The van der Waals surface area contributed by atoms with Crippen molar-refractivity contribution in [2.75, 3.05) is 6.54 Å². The van der Waals surface area contributed by atoms with Crippen molar-refractivity contribution in [3.63, 3.8) is 0 Å². The molecule has 0 aromatic heterocycles. The lowest BCUT2D eigenvalue weighted by molar-refractivity contribution is -0.274. The molecule has 0 saturated carbocycles. The SMILES string of the molecule is CC(C)C(O)CCNC(=O)c1cccc(OC(F)(F)F)c1. The van der Waals surface area contributed by atoms with Gasteiger partial charge in [-0.3, -0.25) is 4.79 Å². The van der Waals surface area contributed by atoms with E-state index in [-0.39, 0.29) is 18.0 Å². The molecular formula is C14H18F3NO3. The standard InChI is InChI=1S/C14H18F3NO3/c1-9(2)12(19)6-7-18-13(20)10-4-3-5-11(8-10)21-14(15,16)17/h3-5,8-9,12,19H,6-7H2,1-2H3,(H,18,20). The number of aliphatic hydroxyl groups excluding tert-OH is 1. The van der Waals surface area contributed by atoms with Crippen LogP contribution in [-0.2, 0) is 0 Å². The van der Waals surface area contributed by atoms with Crippen molar-refractivity contribution in [1.29, 1.82) is 0 Å². The third-order valence-electron chi connectivity index (χ3n) is 2.83. The van der Waals surface area contributed by atoms with Gasteiger partial charge in [0.15, 0.2) is 0 Å². The highest BCUT2D eigenvalue weighted by Gasteiger charge is 2.31. The average Bonchev–Trinajstić information content (AvgIpc) is 2.36. The van der Waals surface area contributed by atoms with Crippen LogP contribution in [0.1, 0.15) is 30.6 Å². The molecule has 0 saturated heterocycles. The maximum absolute atomic E-state index is 12.1. The summed E-state index contributed by atoms with van der Waals surface area (Å²) >= 11 is 0. The molecule has 1 rings (SSSR count). The summed E-state index contributed by atoms with van der Waals surface area (Å²) < 4.78 is 40.0. The summed E-state index contributed by atoms with van der Waals surface area (Å²) in [6, 6.07) is 4.82. The van der Waals surface area contributed by atoms with Gasteiger partial charge < -0.3 is 15.2 Å². The van der Waals surface area contributed by atoms with Crippen LogP contribution in [0.2, 0.25) is 0 Å². The average molecular weight is 305 g/mol. The number of benzene rings is 1. The molecule has 0 bridgehead atoms. The van der Waals surface area contributed by atoms with Gasteiger partial charge in [-0.1, -0.05) is 19.9 Å². The van der Waals surface area contributed by atoms with Crippen molar-refractivity contribution in [2.45, 2.75) is 32.7 Å². The van der Waals surface area contributed by atoms with Crippen LogP contribution in [0.5, 0.6) is 5.75 Å². The molecule has 4 nitrogen and oxygen atoms in total. The largest absolute Gasteiger partial charge is 0.573 e. The van der Waals surface area contributed by atoms with Crippen LogP contribution in [0.4, 0.5) is 13.2 Å². The van der Waals surface area contributed by atoms with Crippen LogP contribution in [0.3, 0.4) is 0 Å². The smallest absolute Gasteiger partial charge is 0.406 e. The van der Waals surface area contributed by atoms with Crippen LogP contribution < -0.4 is 10.1 Å². The van der Waals surface area contributed by atoms with E-state index in [2.05, 4.69) is 10.1 Å². The van der Waals surface area contributed by atoms with Crippen LogP contribution in [-0.4, -0.2) is 30.0 Å². The first-order chi connectivity index (χ1) is 9.69. The molecule has 1 unspecified atom stereocenters. The number of alkyl halides is 3. The number of carbonyl (C=O) groups excluding carboxylic acids is 1. The van der Waals surface area contributed by atoms with E-state index in [1.54, 1.807) is 0 Å². The molecule has 0 aliphatic rings. The fourth-order valence-electron chi connectivity index (χ4n) is 1.60. The summed E-state index contributed by atoms with van der Waals surface area (Å²) in [4.78, 5) is 11.8. The lowest BCUT2D eigenvalue weighted by Crippen LogP contribution is -2.28. The van der Waals surface area contributed by atoms with E-state index < -0.39 is 24.1 Å². The summed E-state index contributed by atoms with van der Waals surface area (Å²) in [6.07, 6.45) is -4.95. The fourth-order valence-corrected chi connectivity index (χ4v) is 1.60. The normalized spacial score (nSPS) is 13.1. The molecule has 1 amide bonds. The monoisotopic (exact) mass is 305 g/mol. The van der Waals surface area contributed by atoms with E-state index in [1.807, 2.05) is 13.8 Å². The van der Waals surface area contributed by atoms with Gasteiger partial charge in [0.1, 0.15) is 5.75 Å². The maximum atomic E-state index is 12.1. The number of aliphatic hydroxyl groups is 1. The van der Waals surface area contributed by atoms with Crippen molar-refractivity contribution in [3.05, 3.63) is 29.8 Å². The Balaban J connectivity index is 2.56. The first kappa shape index (κ1) is 17.3. The molecule has 0 radical (unpaired) electrons. The highest BCUT2D eigenvalue weighted by atomic mass is 19.4. The van der Waals surface area contributed by atoms with Crippen LogP contribution in [0, 0.1) is 5.92 Å². The Kier molecular flexibility index (Phi) is 6.02. The molecule has 0 aliphatic heterocycles. The maximum Gasteiger partial charge on any atom is 0.573 e. The topological polar surface area (TPSA) is 58.6 Å². The molecule has 1 aromatic rings. The van der Waals surface area contributed by atoms with Gasteiger partial charge in [0.05, 0.1) is 6.10 Å². The molecule has 21 heavy (non-hydrogen) atoms. The van der Waals surface area contributed by atoms with Gasteiger partial charge >= 0.3 is 6.36 Å². The second-order valence-electron chi connectivity index (χ2n) is 4.93. The highest BCUT2D eigenvalue weighted by molar-refractivity contribution is 5.94. The van der Waals surface area contributed by atoms with Gasteiger partial charge in [-0.25, -0.2) is 0 Å². The summed E-state index contributed by atoms with van der Waals surface area (Å²) in [5.41, 5.74) is 0.0655. The molecule has 0 fully saturated rings. The molecule has 1 aromatic carbocycles. The molecular weight excluding hydrogens is 287 g/mol. The minimum Gasteiger partial charge on any atom is -0.406 e. The Morgan fingerprint density at radius 3 is 2.62 bits per heavy atom. The molecule has 0 spiro atoms. The van der Waals surface area contributed by atoms with E-state index in [0.717, 1.165) is 12.1 Å². The summed E-state index contributed by atoms with van der Waals surface area (Å²) in [5.74, 6) is -0.888. The number of hydrogen-bond donors (Lipinski definition) is 2. The second kappa shape index (κ2) is 7.31. The Labute approximate surface area is 120 Å². The zero-order valence-electron chi connectivity index (χ0n) is 11.8. The third kappa shape index (κ3) is 6.48. The summed E-state index contributed by atoms with van der Waals surface area (Å²) in [7, 11) is 0. The van der Waals surface area contributed by atoms with E-state index in [0.29, 0.717) is 6.42 Å². The zero-order valence-corrected chi connectivity index (χ0v) is 11.8. The van der Waals surface area contributed by atoms with Crippen molar-refractivity contribution < 1.29 is 27.8 Å². The highest BCUT2D eigenvalue weighted by Crippen LogP contribution is 2.23. The van der Waals surface area contributed by atoms with Gasteiger partial charge in [0.2, 0.25) is 0 Å². The number of hydrogen-bond acceptors (Lipinski definition) is 3. The zero-order chi connectivity index (χ0) is 16.0. The lowest BCUT2D eigenvalue weighted by atomic mass is 10.0. The van der Waals surface area contributed by atoms with Crippen LogP contribution in [0.15, 0.2) is 24.3 Å². The first-order valence-corrected chi connectivity index (χ1v) is 6.51. The van der Waals surface area contributed by atoms with E-state index >= 15 is 0 Å². The van der Waals surface area contributed by atoms with Gasteiger partial charge in [-0.15, -0.1) is 13.2 Å². The Bertz CT molecular complexity index is 475. The molecule has 118 valence electrons. The number of nitrogens with one attached hydrogen (secondary N) is 1. The predicted octanol–water partition coefficient (Wildman–Crippen LogP) is 2.72. The molecule has 1 atom stereocenters. The van der Waals surface area contributed by atoms with Gasteiger partial charge in [-0.05, 0) is 30.5 Å². The number of amides is 1. The minimum absolute atomic E-state index is 0.0655. The molecule has 2 N–H and O–H groups in total. The number of halogens is 3. The van der Waals surface area contributed by atoms with Crippen molar-refractivity contribution in [2.24, 2.45) is 5.92 Å². The van der Waals surface area contributed by atoms with Crippen molar-refractivity contribution in [1.82, 2.24) is 5.32 Å². The summed E-state index contributed by atoms with van der Waals surface area (Å²) in [6.45, 7) is 3.94. The van der Waals surface area contributed by atoms with E-state index in [1.165, 1.54) is 12.1 Å². The second-order valence-corrected chi connectivity index (χ2v) is 4.93.